The number of hydrogen-bond donors (Lipinski definition) is 2. The van der Waals surface area contributed by atoms with Crippen molar-refractivity contribution >= 4 is 23.2 Å². The summed E-state index contributed by atoms with van der Waals surface area (Å²) < 4.78 is 10.8. The molecule has 0 saturated carbocycles. The van der Waals surface area contributed by atoms with Gasteiger partial charge in [0.2, 0.25) is 5.96 Å². The molecular formula is C22H28N4O3. The van der Waals surface area contributed by atoms with Crippen molar-refractivity contribution in [2.24, 2.45) is 4.99 Å². The van der Waals surface area contributed by atoms with Gasteiger partial charge in [-0.05, 0) is 55.3 Å². The van der Waals surface area contributed by atoms with Gasteiger partial charge in [-0.3, -0.25) is 10.1 Å². The quantitative estimate of drug-likeness (QED) is 0.580. The molecule has 0 aliphatic carbocycles. The van der Waals surface area contributed by atoms with Gasteiger partial charge in [-0.1, -0.05) is 6.07 Å². The lowest BCUT2D eigenvalue weighted by molar-refractivity contribution is 0.0975. The van der Waals surface area contributed by atoms with E-state index >= 15 is 0 Å². The fraction of sp³-hybridized carbons (Fsp3) is 0.364. The van der Waals surface area contributed by atoms with E-state index in [1.54, 1.807) is 13.2 Å². The minimum absolute atomic E-state index is 0.0941. The smallest absolute Gasteiger partial charge is 0.258 e. The van der Waals surface area contributed by atoms with Gasteiger partial charge in [0.15, 0.2) is 0 Å². The van der Waals surface area contributed by atoms with Gasteiger partial charge >= 0.3 is 0 Å². The van der Waals surface area contributed by atoms with Gasteiger partial charge in [0, 0.05) is 37.6 Å². The fourth-order valence-corrected chi connectivity index (χ4v) is 3.01. The van der Waals surface area contributed by atoms with Gasteiger partial charge in [-0.15, -0.1) is 0 Å². The van der Waals surface area contributed by atoms with Crippen LogP contribution in [0.5, 0.6) is 5.75 Å². The average molecular weight is 396 g/mol. The number of ether oxygens (including phenoxy) is 2. The number of nitrogens with one attached hydrogen (secondary N) is 2. The zero-order valence-corrected chi connectivity index (χ0v) is 17.1. The molecule has 0 aromatic heterocycles. The summed E-state index contributed by atoms with van der Waals surface area (Å²) in [5.41, 5.74) is 2.33. The third-order valence-electron chi connectivity index (χ3n) is 4.69. The van der Waals surface area contributed by atoms with Crippen LogP contribution in [0.3, 0.4) is 0 Å². The first-order chi connectivity index (χ1) is 14.0. The molecule has 1 heterocycles. The lowest BCUT2D eigenvalue weighted by atomic mass is 10.2. The second kappa shape index (κ2) is 9.93. The fourth-order valence-electron chi connectivity index (χ4n) is 3.01. The molecule has 3 rings (SSSR count). The molecule has 1 aliphatic rings. The van der Waals surface area contributed by atoms with Gasteiger partial charge in [-0.2, -0.15) is 0 Å². The van der Waals surface area contributed by atoms with Crippen molar-refractivity contribution < 1.29 is 14.3 Å². The molecule has 29 heavy (non-hydrogen) atoms. The number of rotatable bonds is 6. The van der Waals surface area contributed by atoms with Crippen molar-refractivity contribution in [1.29, 1.82) is 0 Å². The number of benzene rings is 2. The number of aliphatic imine (C=N–C) groups is 1. The van der Waals surface area contributed by atoms with Gasteiger partial charge < -0.3 is 19.7 Å². The van der Waals surface area contributed by atoms with E-state index in [0.29, 0.717) is 18.1 Å². The molecule has 0 bridgehead atoms. The van der Waals surface area contributed by atoms with E-state index in [2.05, 4.69) is 15.6 Å². The highest BCUT2D eigenvalue weighted by Crippen LogP contribution is 2.16. The predicted octanol–water partition coefficient (Wildman–Crippen LogP) is 3.14. The number of methoxy groups -OCH3 is 1. The zero-order chi connectivity index (χ0) is 20.6. The maximum absolute atomic E-state index is 12.8. The summed E-state index contributed by atoms with van der Waals surface area (Å²) in [7, 11) is 5.51. The zero-order valence-electron chi connectivity index (χ0n) is 17.1. The highest BCUT2D eigenvalue weighted by atomic mass is 16.5. The summed E-state index contributed by atoms with van der Waals surface area (Å²) in [4.78, 5) is 19.3. The van der Waals surface area contributed by atoms with Crippen LogP contribution in [0.1, 0.15) is 23.2 Å². The molecule has 1 fully saturated rings. The van der Waals surface area contributed by atoms with E-state index in [-0.39, 0.29) is 12.0 Å². The summed E-state index contributed by atoms with van der Waals surface area (Å²) in [6, 6.07) is 14.9. The second-order valence-electron chi connectivity index (χ2n) is 7.08. The van der Waals surface area contributed by atoms with Crippen LogP contribution in [-0.4, -0.2) is 52.3 Å². The molecule has 1 aliphatic heterocycles. The Hall–Kier alpha value is -3.06. The van der Waals surface area contributed by atoms with Crippen LogP contribution >= 0.6 is 0 Å². The molecule has 1 atom stereocenters. The lowest BCUT2D eigenvalue weighted by Crippen LogP contribution is -2.36. The van der Waals surface area contributed by atoms with Gasteiger partial charge in [0.1, 0.15) is 5.75 Å². The number of anilines is 2. The Labute approximate surface area is 171 Å². The number of carbonyl (C=O) groups is 1. The summed E-state index contributed by atoms with van der Waals surface area (Å²) in [6.07, 6.45) is 2.13. The van der Waals surface area contributed by atoms with Crippen LogP contribution in [0.4, 0.5) is 11.4 Å². The van der Waals surface area contributed by atoms with Crippen molar-refractivity contribution in [2.45, 2.75) is 18.9 Å². The normalized spacial score (nSPS) is 16.4. The molecule has 1 saturated heterocycles. The lowest BCUT2D eigenvalue weighted by Gasteiger charge is -2.15. The molecule has 0 spiro atoms. The third kappa shape index (κ3) is 5.96. The molecular weight excluding hydrogens is 368 g/mol. The van der Waals surface area contributed by atoms with E-state index < -0.39 is 0 Å². The van der Waals surface area contributed by atoms with E-state index in [4.69, 9.17) is 9.47 Å². The summed E-state index contributed by atoms with van der Waals surface area (Å²) in [6.45, 7) is 1.27. The minimum Gasteiger partial charge on any atom is -0.497 e. The second-order valence-corrected chi connectivity index (χ2v) is 7.08. The number of hydrogen-bond acceptors (Lipinski definition) is 5. The standard InChI is InChI=1S/C22H28N4O3/c1-26(2)18-7-4-6-16(14-18)21(27)25-22(23-15-20-8-5-13-29-20)24-17-9-11-19(28-3)12-10-17/h4,6-7,9-12,14,20H,5,8,13,15H2,1-3H3,(H2,23,24,25,27)/t20-/m1/s1. The van der Waals surface area contributed by atoms with Crippen LogP contribution in [0.2, 0.25) is 0 Å². The SMILES string of the molecule is COc1ccc(NC(=NC[C@H]2CCCO2)NC(=O)c2cccc(N(C)C)c2)cc1. The van der Waals surface area contributed by atoms with Crippen molar-refractivity contribution in [2.75, 3.05) is 44.6 Å². The molecule has 7 nitrogen and oxygen atoms in total. The van der Waals surface area contributed by atoms with Gasteiger partial charge in [0.25, 0.3) is 5.91 Å². The number of guanidine groups is 1. The van der Waals surface area contributed by atoms with Crippen LogP contribution in [0, 0.1) is 0 Å². The highest BCUT2D eigenvalue weighted by molar-refractivity contribution is 6.10. The van der Waals surface area contributed by atoms with Gasteiger partial charge in [-0.25, -0.2) is 4.99 Å². The first kappa shape index (κ1) is 20.7. The Balaban J connectivity index is 1.75. The monoisotopic (exact) mass is 396 g/mol. The number of amides is 1. The Kier molecular flexibility index (Phi) is 7.08. The van der Waals surface area contributed by atoms with Crippen LogP contribution in [-0.2, 0) is 4.74 Å². The van der Waals surface area contributed by atoms with Crippen molar-refractivity contribution in [3.63, 3.8) is 0 Å². The summed E-state index contributed by atoms with van der Waals surface area (Å²) in [5.74, 6) is 0.935. The van der Waals surface area contributed by atoms with Crippen LogP contribution in [0.25, 0.3) is 0 Å². The maximum Gasteiger partial charge on any atom is 0.258 e. The van der Waals surface area contributed by atoms with Gasteiger partial charge in [0.05, 0.1) is 19.8 Å². The Bertz CT molecular complexity index is 843. The molecule has 0 radical (unpaired) electrons. The third-order valence-corrected chi connectivity index (χ3v) is 4.69. The van der Waals surface area contributed by atoms with Crippen molar-refractivity contribution in [3.8, 4) is 5.75 Å². The van der Waals surface area contributed by atoms with Crippen LogP contribution in [0.15, 0.2) is 53.5 Å². The molecule has 154 valence electrons. The Morgan fingerprint density at radius 3 is 2.69 bits per heavy atom. The Morgan fingerprint density at radius 2 is 2.03 bits per heavy atom. The van der Waals surface area contributed by atoms with E-state index in [0.717, 1.165) is 36.6 Å². The number of carbonyl (C=O) groups excluding carboxylic acids is 1. The molecule has 0 unspecified atom stereocenters. The summed E-state index contributed by atoms with van der Waals surface area (Å²) in [5, 5.41) is 6.08. The minimum atomic E-state index is -0.221. The first-order valence-electron chi connectivity index (χ1n) is 9.71. The van der Waals surface area contributed by atoms with Crippen LogP contribution < -0.4 is 20.3 Å². The maximum atomic E-state index is 12.8. The Morgan fingerprint density at radius 1 is 1.24 bits per heavy atom. The largest absolute Gasteiger partial charge is 0.497 e. The van der Waals surface area contributed by atoms with Crippen molar-refractivity contribution in [1.82, 2.24) is 5.32 Å². The van der Waals surface area contributed by atoms with E-state index in [1.807, 2.05) is 61.5 Å². The van der Waals surface area contributed by atoms with Crippen molar-refractivity contribution in [3.05, 3.63) is 54.1 Å². The summed E-state index contributed by atoms with van der Waals surface area (Å²) >= 11 is 0. The van der Waals surface area contributed by atoms with E-state index in [1.165, 1.54) is 0 Å². The molecule has 2 N–H and O–H groups in total. The molecule has 2 aromatic carbocycles. The molecule has 1 amide bonds. The molecule has 7 heteroatoms. The number of nitrogens with zero attached hydrogens (tertiary/aromatic N) is 2. The predicted molar refractivity (Wildman–Crippen MR) is 116 cm³/mol. The average Bonchev–Trinajstić information content (AvgIpc) is 3.26. The van der Waals surface area contributed by atoms with E-state index in [9.17, 15) is 4.79 Å². The highest BCUT2D eigenvalue weighted by Gasteiger charge is 2.16. The molecule has 2 aromatic rings. The topological polar surface area (TPSA) is 75.2 Å². The first-order valence-corrected chi connectivity index (χ1v) is 9.71.